The normalized spacial score (nSPS) is 10.7. The van der Waals surface area contributed by atoms with Gasteiger partial charge in [0.1, 0.15) is 0 Å². The topological polar surface area (TPSA) is 98.0 Å². The van der Waals surface area contributed by atoms with E-state index in [2.05, 4.69) is 15.3 Å². The molecule has 156 valence electrons. The van der Waals surface area contributed by atoms with Crippen molar-refractivity contribution >= 4 is 51.2 Å². The van der Waals surface area contributed by atoms with Gasteiger partial charge in [-0.05, 0) is 5.56 Å². The summed E-state index contributed by atoms with van der Waals surface area (Å²) in [6, 6.07) is 16.4. The number of nitrogens with one attached hydrogen (secondary N) is 1. The summed E-state index contributed by atoms with van der Waals surface area (Å²) in [5.74, 6) is 0.0827. The van der Waals surface area contributed by atoms with Crippen molar-refractivity contribution in [3.05, 3.63) is 86.7 Å². The molecule has 2 aromatic carbocycles. The van der Waals surface area contributed by atoms with Crippen molar-refractivity contribution in [1.82, 2.24) is 9.97 Å². The summed E-state index contributed by atoms with van der Waals surface area (Å²) in [6.45, 7) is 0. The highest BCUT2D eigenvalue weighted by atomic mass is 32.2. The van der Waals surface area contributed by atoms with Gasteiger partial charge >= 0.3 is 0 Å². The molecule has 0 saturated carbocycles. The average molecular weight is 469 g/mol. The maximum atomic E-state index is 12.3. The van der Waals surface area contributed by atoms with Crippen molar-refractivity contribution < 1.29 is 9.72 Å². The van der Waals surface area contributed by atoms with E-state index in [0.717, 1.165) is 26.0 Å². The van der Waals surface area contributed by atoms with Gasteiger partial charge in [-0.25, -0.2) is 9.97 Å². The van der Waals surface area contributed by atoms with E-state index in [9.17, 15) is 14.9 Å². The van der Waals surface area contributed by atoms with Crippen molar-refractivity contribution in [3.8, 4) is 11.3 Å². The standard InChI is InChI=1S/C21H16N4O3S3/c26-19(13-30-21-23-18(12-29-21)15-6-2-1-3-7-15)24-20-22-11-17(31-20)10-14-5-4-8-16(9-14)25(27)28/h1-9,11-12H,10,13H2,(H,22,24,26). The molecule has 1 amide bonds. The summed E-state index contributed by atoms with van der Waals surface area (Å²) in [4.78, 5) is 32.5. The number of aromatic nitrogens is 2. The first-order valence-corrected chi connectivity index (χ1v) is 11.9. The first kappa shape index (κ1) is 21.2. The number of nitro groups is 1. The summed E-state index contributed by atoms with van der Waals surface area (Å²) in [6.07, 6.45) is 2.20. The van der Waals surface area contributed by atoms with Crippen molar-refractivity contribution in [2.75, 3.05) is 11.1 Å². The first-order chi connectivity index (χ1) is 15.1. The molecule has 0 aliphatic carbocycles. The van der Waals surface area contributed by atoms with Crippen LogP contribution in [0.1, 0.15) is 10.4 Å². The SMILES string of the molecule is O=C(CSc1nc(-c2ccccc2)cs1)Nc1ncc(Cc2cccc([N+](=O)[O-])c2)s1. The molecule has 4 aromatic rings. The lowest BCUT2D eigenvalue weighted by Crippen LogP contribution is -2.13. The molecule has 0 aliphatic rings. The molecule has 2 aromatic heterocycles. The van der Waals surface area contributed by atoms with Gasteiger partial charge in [-0.15, -0.1) is 22.7 Å². The molecule has 0 saturated heterocycles. The minimum atomic E-state index is -0.412. The number of non-ortho nitro benzene ring substituents is 1. The molecule has 0 atom stereocenters. The number of benzene rings is 2. The van der Waals surface area contributed by atoms with Crippen LogP contribution in [0.4, 0.5) is 10.8 Å². The molecule has 0 radical (unpaired) electrons. The number of nitrogens with zero attached hydrogens (tertiary/aromatic N) is 3. The van der Waals surface area contributed by atoms with Gasteiger partial charge in [0.2, 0.25) is 5.91 Å². The van der Waals surface area contributed by atoms with Crippen LogP contribution in [0.25, 0.3) is 11.3 Å². The molecule has 4 rings (SSSR count). The van der Waals surface area contributed by atoms with Gasteiger partial charge in [0.15, 0.2) is 9.47 Å². The smallest absolute Gasteiger partial charge is 0.269 e. The first-order valence-electron chi connectivity index (χ1n) is 9.18. The number of hydrogen-bond donors (Lipinski definition) is 1. The van der Waals surface area contributed by atoms with Gasteiger partial charge < -0.3 is 5.32 Å². The number of hydrogen-bond acceptors (Lipinski definition) is 8. The Kier molecular flexibility index (Phi) is 6.70. The van der Waals surface area contributed by atoms with Gasteiger partial charge in [0.25, 0.3) is 5.69 Å². The zero-order valence-electron chi connectivity index (χ0n) is 16.1. The lowest BCUT2D eigenvalue weighted by Gasteiger charge is -2.00. The number of rotatable bonds is 8. The molecule has 0 fully saturated rings. The monoisotopic (exact) mass is 468 g/mol. The predicted molar refractivity (Wildman–Crippen MR) is 125 cm³/mol. The van der Waals surface area contributed by atoms with Crippen molar-refractivity contribution in [2.45, 2.75) is 10.8 Å². The molecule has 0 unspecified atom stereocenters. The van der Waals surface area contributed by atoms with Crippen LogP contribution in [-0.4, -0.2) is 26.6 Å². The third-order valence-electron chi connectivity index (χ3n) is 4.18. The Hall–Kier alpha value is -3.08. The highest BCUT2D eigenvalue weighted by Gasteiger charge is 2.12. The molecule has 0 aliphatic heterocycles. The van der Waals surface area contributed by atoms with E-state index in [4.69, 9.17) is 0 Å². The Balaban J connectivity index is 1.30. The highest BCUT2D eigenvalue weighted by molar-refractivity contribution is 8.01. The Bertz CT molecular complexity index is 1210. The number of thioether (sulfide) groups is 1. The van der Waals surface area contributed by atoms with Gasteiger partial charge in [-0.3, -0.25) is 14.9 Å². The van der Waals surface area contributed by atoms with Crippen LogP contribution in [0, 0.1) is 10.1 Å². The van der Waals surface area contributed by atoms with Crippen molar-refractivity contribution in [1.29, 1.82) is 0 Å². The fraction of sp³-hybridized carbons (Fsp3) is 0.0952. The molecular formula is C21H16N4O3S3. The lowest BCUT2D eigenvalue weighted by atomic mass is 10.1. The Morgan fingerprint density at radius 2 is 2.00 bits per heavy atom. The van der Waals surface area contributed by atoms with Crippen LogP contribution in [0.2, 0.25) is 0 Å². The van der Waals surface area contributed by atoms with Crippen LogP contribution < -0.4 is 5.32 Å². The summed E-state index contributed by atoms with van der Waals surface area (Å²) in [5.41, 5.74) is 2.84. The van der Waals surface area contributed by atoms with E-state index in [1.807, 2.05) is 41.8 Å². The Morgan fingerprint density at radius 1 is 1.16 bits per heavy atom. The summed E-state index contributed by atoms with van der Waals surface area (Å²) in [5, 5.41) is 16.2. The number of carbonyl (C=O) groups is 1. The Labute approximate surface area is 190 Å². The van der Waals surface area contributed by atoms with Crippen molar-refractivity contribution in [2.24, 2.45) is 0 Å². The van der Waals surface area contributed by atoms with Crippen LogP contribution in [0.5, 0.6) is 0 Å². The maximum absolute atomic E-state index is 12.3. The van der Waals surface area contributed by atoms with Crippen LogP contribution in [0.15, 0.2) is 70.5 Å². The summed E-state index contributed by atoms with van der Waals surface area (Å²) in [7, 11) is 0. The second-order valence-electron chi connectivity index (χ2n) is 6.44. The third kappa shape index (κ3) is 5.75. The van der Waals surface area contributed by atoms with Crippen molar-refractivity contribution in [3.63, 3.8) is 0 Å². The fourth-order valence-corrected chi connectivity index (χ4v) is 5.27. The van der Waals surface area contributed by atoms with E-state index in [1.54, 1.807) is 18.3 Å². The van der Waals surface area contributed by atoms with E-state index in [1.165, 1.54) is 40.5 Å². The number of thiazole rings is 2. The van der Waals surface area contributed by atoms with E-state index in [0.29, 0.717) is 11.6 Å². The van der Waals surface area contributed by atoms with Crippen LogP contribution in [-0.2, 0) is 11.2 Å². The lowest BCUT2D eigenvalue weighted by molar-refractivity contribution is -0.384. The van der Waals surface area contributed by atoms with E-state index in [-0.39, 0.29) is 17.3 Å². The number of anilines is 1. The zero-order valence-corrected chi connectivity index (χ0v) is 18.5. The van der Waals surface area contributed by atoms with Crippen LogP contribution in [0.3, 0.4) is 0 Å². The second kappa shape index (κ2) is 9.82. The van der Waals surface area contributed by atoms with E-state index >= 15 is 0 Å². The van der Waals surface area contributed by atoms with Gasteiger partial charge in [-0.1, -0.05) is 54.2 Å². The maximum Gasteiger partial charge on any atom is 0.269 e. The van der Waals surface area contributed by atoms with Gasteiger partial charge in [0.05, 0.1) is 16.4 Å². The van der Waals surface area contributed by atoms with E-state index < -0.39 is 4.92 Å². The highest BCUT2D eigenvalue weighted by Crippen LogP contribution is 2.28. The number of nitro benzene ring substituents is 1. The largest absolute Gasteiger partial charge is 0.301 e. The molecule has 10 heteroatoms. The van der Waals surface area contributed by atoms with Gasteiger partial charge in [-0.2, -0.15) is 0 Å². The average Bonchev–Trinajstić information content (AvgIpc) is 3.43. The second-order valence-corrected chi connectivity index (χ2v) is 9.63. The molecule has 2 heterocycles. The van der Waals surface area contributed by atoms with Crippen LogP contribution >= 0.6 is 34.4 Å². The Morgan fingerprint density at radius 3 is 2.81 bits per heavy atom. The quantitative estimate of drug-likeness (QED) is 0.208. The molecule has 0 bridgehead atoms. The number of amides is 1. The molecule has 31 heavy (non-hydrogen) atoms. The minimum Gasteiger partial charge on any atom is -0.301 e. The third-order valence-corrected chi connectivity index (χ3v) is 7.11. The van der Waals surface area contributed by atoms with Gasteiger partial charge in [0, 0.05) is 40.6 Å². The molecule has 7 nitrogen and oxygen atoms in total. The number of carbonyl (C=O) groups excluding carboxylic acids is 1. The zero-order chi connectivity index (χ0) is 21.6. The predicted octanol–water partition coefficient (Wildman–Crippen LogP) is 5.50. The summed E-state index contributed by atoms with van der Waals surface area (Å²) >= 11 is 4.26. The molecule has 0 spiro atoms. The fourth-order valence-electron chi connectivity index (χ4n) is 2.78. The molecule has 1 N–H and O–H groups in total. The minimum absolute atomic E-state index is 0.0603. The summed E-state index contributed by atoms with van der Waals surface area (Å²) < 4.78 is 0.833. The molecular weight excluding hydrogens is 452 g/mol.